The Kier molecular flexibility index (Phi) is 7.90. The molecular formula is C22H32FN5O. The first-order valence-electron chi connectivity index (χ1n) is 10.7. The van der Waals surface area contributed by atoms with Crippen LogP contribution in [0.25, 0.3) is 10.9 Å². The van der Waals surface area contributed by atoms with Crippen LogP contribution in [0, 0.1) is 5.82 Å². The highest BCUT2D eigenvalue weighted by atomic mass is 19.1. The lowest BCUT2D eigenvalue weighted by atomic mass is 9.95. The number of amides is 1. The molecule has 1 aromatic heterocycles. The summed E-state index contributed by atoms with van der Waals surface area (Å²) < 4.78 is 13.3. The second-order valence-electron chi connectivity index (χ2n) is 7.59. The van der Waals surface area contributed by atoms with E-state index in [-0.39, 0.29) is 11.7 Å². The van der Waals surface area contributed by atoms with Gasteiger partial charge in [-0.15, -0.1) is 0 Å². The van der Waals surface area contributed by atoms with Crippen LogP contribution in [0.5, 0.6) is 0 Å². The molecule has 4 N–H and O–H groups in total. The minimum absolute atomic E-state index is 0.0857. The molecule has 29 heavy (non-hydrogen) atoms. The number of hydrogen-bond donors (Lipinski definition) is 4. The number of rotatable bonds is 8. The number of guanidine groups is 1. The first kappa shape index (κ1) is 21.1. The number of fused-ring (bicyclic) bond motifs is 1. The summed E-state index contributed by atoms with van der Waals surface area (Å²) in [7, 11) is 0. The maximum Gasteiger partial charge on any atom is 0.222 e. The van der Waals surface area contributed by atoms with E-state index < -0.39 is 0 Å². The van der Waals surface area contributed by atoms with Crippen LogP contribution >= 0.6 is 0 Å². The molecule has 0 bridgehead atoms. The number of hydrogen-bond acceptors (Lipinski definition) is 2. The average molecular weight is 402 g/mol. The lowest BCUT2D eigenvalue weighted by Gasteiger charge is -2.22. The summed E-state index contributed by atoms with van der Waals surface area (Å²) in [6.45, 7) is 3.93. The largest absolute Gasteiger partial charge is 0.361 e. The Bertz CT molecular complexity index is 826. The molecule has 3 rings (SSSR count). The van der Waals surface area contributed by atoms with Crippen molar-refractivity contribution in [3.05, 3.63) is 35.8 Å². The van der Waals surface area contributed by atoms with Crippen LogP contribution < -0.4 is 16.0 Å². The molecule has 6 nitrogen and oxygen atoms in total. The first-order chi connectivity index (χ1) is 14.2. The zero-order valence-corrected chi connectivity index (χ0v) is 17.2. The van der Waals surface area contributed by atoms with Gasteiger partial charge in [0, 0.05) is 42.7 Å². The molecule has 158 valence electrons. The van der Waals surface area contributed by atoms with Gasteiger partial charge in [-0.2, -0.15) is 0 Å². The lowest BCUT2D eigenvalue weighted by molar-refractivity contribution is -0.121. The summed E-state index contributed by atoms with van der Waals surface area (Å²) in [6.07, 6.45) is 9.01. The van der Waals surface area contributed by atoms with Crippen LogP contribution in [-0.4, -0.2) is 42.5 Å². The van der Waals surface area contributed by atoms with E-state index in [1.54, 1.807) is 6.07 Å². The quantitative estimate of drug-likeness (QED) is 0.405. The van der Waals surface area contributed by atoms with Crippen LogP contribution in [0.4, 0.5) is 4.39 Å². The summed E-state index contributed by atoms with van der Waals surface area (Å²) in [5.74, 6) is 0.560. The van der Waals surface area contributed by atoms with Gasteiger partial charge < -0.3 is 20.9 Å². The van der Waals surface area contributed by atoms with E-state index in [0.717, 1.165) is 42.3 Å². The standard InChI is InChI=1S/C22H32FN5O/c1-2-24-22(26-13-11-21(29)28-18-6-4-3-5-7-18)25-12-10-16-15-27-20-14-17(23)8-9-19(16)20/h8-9,14-15,18,27H,2-7,10-13H2,1H3,(H,28,29)(H2,24,25,26). The Morgan fingerprint density at radius 3 is 2.86 bits per heavy atom. The van der Waals surface area contributed by atoms with Crippen molar-refractivity contribution in [3.8, 4) is 0 Å². The third kappa shape index (κ3) is 6.48. The fourth-order valence-electron chi connectivity index (χ4n) is 3.84. The van der Waals surface area contributed by atoms with Crippen molar-refractivity contribution in [2.24, 2.45) is 4.99 Å². The molecular weight excluding hydrogens is 369 g/mol. The maximum atomic E-state index is 13.3. The zero-order chi connectivity index (χ0) is 20.5. The van der Waals surface area contributed by atoms with Gasteiger partial charge in [0.25, 0.3) is 0 Å². The van der Waals surface area contributed by atoms with Gasteiger partial charge >= 0.3 is 0 Å². The van der Waals surface area contributed by atoms with E-state index in [4.69, 9.17) is 0 Å². The van der Waals surface area contributed by atoms with Gasteiger partial charge in [0.05, 0.1) is 6.54 Å². The molecule has 1 amide bonds. The molecule has 1 saturated carbocycles. The third-order valence-corrected chi connectivity index (χ3v) is 5.34. The van der Waals surface area contributed by atoms with E-state index in [9.17, 15) is 9.18 Å². The highest BCUT2D eigenvalue weighted by molar-refractivity contribution is 5.83. The monoisotopic (exact) mass is 401 g/mol. The number of H-pyrrole nitrogens is 1. The number of carbonyl (C=O) groups is 1. The molecule has 0 radical (unpaired) electrons. The molecule has 7 heteroatoms. The van der Waals surface area contributed by atoms with Crippen molar-refractivity contribution in [2.45, 2.75) is 57.9 Å². The molecule has 0 saturated heterocycles. The number of aromatic amines is 1. The van der Waals surface area contributed by atoms with Crippen molar-refractivity contribution in [1.29, 1.82) is 0 Å². The van der Waals surface area contributed by atoms with Crippen molar-refractivity contribution in [2.75, 3.05) is 19.6 Å². The minimum Gasteiger partial charge on any atom is -0.361 e. The Morgan fingerprint density at radius 2 is 2.07 bits per heavy atom. The molecule has 0 unspecified atom stereocenters. The number of benzene rings is 1. The minimum atomic E-state index is -0.238. The summed E-state index contributed by atoms with van der Waals surface area (Å²) in [4.78, 5) is 19.7. The number of carbonyl (C=O) groups excluding carboxylic acids is 1. The van der Waals surface area contributed by atoms with E-state index in [0.29, 0.717) is 31.5 Å². The van der Waals surface area contributed by atoms with Crippen LogP contribution in [0.2, 0.25) is 0 Å². The smallest absolute Gasteiger partial charge is 0.222 e. The van der Waals surface area contributed by atoms with Gasteiger partial charge in [-0.1, -0.05) is 19.3 Å². The Balaban J connectivity index is 1.44. The van der Waals surface area contributed by atoms with Crippen molar-refractivity contribution >= 4 is 22.8 Å². The van der Waals surface area contributed by atoms with Gasteiger partial charge in [-0.25, -0.2) is 4.39 Å². The Morgan fingerprint density at radius 1 is 1.24 bits per heavy atom. The van der Waals surface area contributed by atoms with E-state index in [2.05, 4.69) is 25.9 Å². The van der Waals surface area contributed by atoms with E-state index in [1.807, 2.05) is 13.1 Å². The van der Waals surface area contributed by atoms with Gasteiger partial charge in [0.15, 0.2) is 5.96 Å². The molecule has 2 aromatic rings. The SMILES string of the molecule is CCNC(=NCCC(=O)NC1CCCCC1)NCCc1c[nH]c2cc(F)ccc12. The van der Waals surface area contributed by atoms with E-state index in [1.165, 1.54) is 31.4 Å². The molecule has 1 aromatic carbocycles. The van der Waals surface area contributed by atoms with Crippen molar-refractivity contribution in [3.63, 3.8) is 0 Å². The number of halogens is 1. The highest BCUT2D eigenvalue weighted by Crippen LogP contribution is 2.19. The van der Waals surface area contributed by atoms with Gasteiger partial charge in [-0.05, 0) is 49.9 Å². The number of nitrogens with zero attached hydrogens (tertiary/aromatic N) is 1. The van der Waals surface area contributed by atoms with Gasteiger partial charge in [0.1, 0.15) is 5.82 Å². The summed E-state index contributed by atoms with van der Waals surface area (Å²) in [6, 6.07) is 5.14. The lowest BCUT2D eigenvalue weighted by Crippen LogP contribution is -2.39. The second-order valence-corrected chi connectivity index (χ2v) is 7.59. The second kappa shape index (κ2) is 10.8. The zero-order valence-electron chi connectivity index (χ0n) is 17.2. The Hall–Kier alpha value is -2.57. The summed E-state index contributed by atoms with van der Waals surface area (Å²) in [5.41, 5.74) is 1.94. The van der Waals surface area contributed by atoms with Crippen molar-refractivity contribution < 1.29 is 9.18 Å². The third-order valence-electron chi connectivity index (χ3n) is 5.34. The first-order valence-corrected chi connectivity index (χ1v) is 10.7. The number of aromatic nitrogens is 1. The fourth-order valence-corrected chi connectivity index (χ4v) is 3.84. The molecule has 1 aliphatic carbocycles. The highest BCUT2D eigenvalue weighted by Gasteiger charge is 2.15. The van der Waals surface area contributed by atoms with Crippen LogP contribution in [0.15, 0.2) is 29.4 Å². The average Bonchev–Trinajstić information content (AvgIpc) is 3.10. The fraction of sp³-hybridized carbons (Fsp3) is 0.545. The number of nitrogens with one attached hydrogen (secondary N) is 4. The van der Waals surface area contributed by atoms with Crippen LogP contribution in [0.3, 0.4) is 0 Å². The normalized spacial score (nSPS) is 15.4. The topological polar surface area (TPSA) is 81.3 Å². The predicted molar refractivity (Wildman–Crippen MR) is 116 cm³/mol. The molecule has 0 aliphatic heterocycles. The predicted octanol–water partition coefficient (Wildman–Crippen LogP) is 3.24. The van der Waals surface area contributed by atoms with E-state index >= 15 is 0 Å². The Labute approximate surface area is 171 Å². The summed E-state index contributed by atoms with van der Waals surface area (Å²) in [5, 5.41) is 10.7. The van der Waals surface area contributed by atoms with Gasteiger partial charge in [0.2, 0.25) is 5.91 Å². The number of aliphatic imine (C=N–C) groups is 1. The van der Waals surface area contributed by atoms with Crippen LogP contribution in [-0.2, 0) is 11.2 Å². The molecule has 1 heterocycles. The van der Waals surface area contributed by atoms with Gasteiger partial charge in [-0.3, -0.25) is 9.79 Å². The van der Waals surface area contributed by atoms with Crippen molar-refractivity contribution in [1.82, 2.24) is 20.9 Å². The van der Waals surface area contributed by atoms with Crippen LogP contribution in [0.1, 0.15) is 51.0 Å². The summed E-state index contributed by atoms with van der Waals surface area (Å²) >= 11 is 0. The molecule has 1 fully saturated rings. The molecule has 0 spiro atoms. The maximum absolute atomic E-state index is 13.3. The molecule has 0 atom stereocenters. The molecule has 1 aliphatic rings.